The third kappa shape index (κ3) is 2.27. The predicted molar refractivity (Wildman–Crippen MR) is 55.7 cm³/mol. The van der Waals surface area contributed by atoms with Crippen LogP contribution in [0, 0.1) is 0 Å². The summed E-state index contributed by atoms with van der Waals surface area (Å²) >= 11 is 3.01. The molecule has 0 heterocycles. The average Bonchev–Trinajstić information content (AvgIpc) is 2.20. The molecule has 4 N–H and O–H groups in total. The van der Waals surface area contributed by atoms with Crippen LogP contribution in [0.25, 0.3) is 0 Å². The summed E-state index contributed by atoms with van der Waals surface area (Å²) in [6.45, 7) is -0.940. The third-order valence-corrected chi connectivity index (χ3v) is 2.58. The highest BCUT2D eigenvalue weighted by molar-refractivity contribution is 9.10. The van der Waals surface area contributed by atoms with E-state index in [2.05, 4.69) is 15.9 Å². The number of carboxylic acids is 1. The van der Waals surface area contributed by atoms with Gasteiger partial charge in [0.25, 0.3) is 0 Å². The lowest BCUT2D eigenvalue weighted by Gasteiger charge is -2.14. The molecule has 82 valence electrons. The molecule has 0 radical (unpaired) electrons. The van der Waals surface area contributed by atoms with Crippen molar-refractivity contribution in [3.63, 3.8) is 0 Å². The number of carbonyl (C=O) groups is 1. The van der Waals surface area contributed by atoms with Gasteiger partial charge in [0.05, 0.1) is 16.1 Å². The van der Waals surface area contributed by atoms with Crippen molar-refractivity contribution in [2.75, 3.05) is 6.67 Å². The Balaban J connectivity index is 3.41. The number of aromatic carboxylic acids is 1. The fraction of sp³-hybridized carbons (Fsp3) is 0.222. The van der Waals surface area contributed by atoms with Crippen LogP contribution in [0.2, 0.25) is 0 Å². The summed E-state index contributed by atoms with van der Waals surface area (Å²) in [7, 11) is 0. The zero-order valence-electron chi connectivity index (χ0n) is 7.58. The van der Waals surface area contributed by atoms with E-state index in [0.717, 1.165) is 0 Å². The second-order valence-electron chi connectivity index (χ2n) is 2.92. The summed E-state index contributed by atoms with van der Waals surface area (Å²) in [5.41, 5.74) is 5.09. The first-order chi connectivity index (χ1) is 6.99. The lowest BCUT2D eigenvalue weighted by atomic mass is 10.0. The van der Waals surface area contributed by atoms with Gasteiger partial charge in [-0.3, -0.25) is 0 Å². The molecular weight excluding hydrogens is 269 g/mol. The third-order valence-electron chi connectivity index (χ3n) is 1.94. The fourth-order valence-corrected chi connectivity index (χ4v) is 1.57. The van der Waals surface area contributed by atoms with Gasteiger partial charge in [0.2, 0.25) is 0 Å². The van der Waals surface area contributed by atoms with Crippen LogP contribution in [-0.2, 0) is 0 Å². The maximum absolute atomic E-state index is 12.4. The van der Waals surface area contributed by atoms with Gasteiger partial charge in [-0.05, 0) is 28.1 Å². The molecular formula is C9H9BrFNO3. The van der Waals surface area contributed by atoms with Crippen molar-refractivity contribution in [1.29, 1.82) is 0 Å². The van der Waals surface area contributed by atoms with Crippen LogP contribution in [0.15, 0.2) is 16.6 Å². The van der Waals surface area contributed by atoms with E-state index in [4.69, 9.17) is 10.8 Å². The standard InChI is InChI=1S/C9H9BrFNO3/c10-5-2-1-4(9(14)15)7(8(5)13)6(12)3-11/h1-2,6,13H,3,12H2,(H,14,15)/t6-/m1/s1. The summed E-state index contributed by atoms with van der Waals surface area (Å²) in [5.74, 6) is -1.59. The van der Waals surface area contributed by atoms with Crippen LogP contribution in [0.3, 0.4) is 0 Å². The minimum atomic E-state index is -1.25. The molecule has 1 aromatic carbocycles. The molecule has 0 aliphatic carbocycles. The van der Waals surface area contributed by atoms with Crippen molar-refractivity contribution >= 4 is 21.9 Å². The first kappa shape index (κ1) is 11.9. The number of alkyl halides is 1. The SMILES string of the molecule is N[C@H](CF)c1c(C(=O)O)ccc(Br)c1O. The van der Waals surface area contributed by atoms with Crippen molar-refractivity contribution in [2.45, 2.75) is 6.04 Å². The molecule has 0 saturated carbocycles. The monoisotopic (exact) mass is 277 g/mol. The van der Waals surface area contributed by atoms with E-state index in [0.29, 0.717) is 0 Å². The Morgan fingerprint density at radius 3 is 2.67 bits per heavy atom. The first-order valence-electron chi connectivity index (χ1n) is 4.05. The van der Waals surface area contributed by atoms with Crippen LogP contribution in [0.1, 0.15) is 22.0 Å². The van der Waals surface area contributed by atoms with E-state index in [1.807, 2.05) is 0 Å². The molecule has 0 saturated heterocycles. The Morgan fingerprint density at radius 1 is 1.60 bits per heavy atom. The van der Waals surface area contributed by atoms with Gasteiger partial charge in [-0.1, -0.05) is 0 Å². The molecule has 1 atom stereocenters. The number of phenols is 1. The normalized spacial score (nSPS) is 12.5. The molecule has 0 fully saturated rings. The highest BCUT2D eigenvalue weighted by Gasteiger charge is 2.21. The predicted octanol–water partition coefficient (Wildman–Crippen LogP) is 1.82. The number of hydrogen-bond acceptors (Lipinski definition) is 3. The molecule has 4 nitrogen and oxygen atoms in total. The van der Waals surface area contributed by atoms with Crippen molar-refractivity contribution in [3.8, 4) is 5.75 Å². The number of aromatic hydroxyl groups is 1. The maximum atomic E-state index is 12.4. The minimum Gasteiger partial charge on any atom is -0.506 e. The van der Waals surface area contributed by atoms with Crippen LogP contribution in [0.5, 0.6) is 5.75 Å². The van der Waals surface area contributed by atoms with E-state index in [-0.39, 0.29) is 21.3 Å². The molecule has 0 aromatic heterocycles. The van der Waals surface area contributed by atoms with Crippen molar-refractivity contribution < 1.29 is 19.4 Å². The quantitative estimate of drug-likeness (QED) is 0.787. The zero-order valence-corrected chi connectivity index (χ0v) is 9.16. The highest BCUT2D eigenvalue weighted by atomic mass is 79.9. The number of phenolic OH excluding ortho intramolecular Hbond substituents is 1. The molecule has 0 spiro atoms. The maximum Gasteiger partial charge on any atom is 0.336 e. The second-order valence-corrected chi connectivity index (χ2v) is 3.78. The average molecular weight is 278 g/mol. The first-order valence-corrected chi connectivity index (χ1v) is 4.84. The molecule has 0 aliphatic heterocycles. The molecule has 1 aromatic rings. The molecule has 0 amide bonds. The Kier molecular flexibility index (Phi) is 3.65. The Hall–Kier alpha value is -1.14. The summed E-state index contributed by atoms with van der Waals surface area (Å²) in [5, 5.41) is 18.4. The van der Waals surface area contributed by atoms with Gasteiger partial charge in [0.15, 0.2) is 0 Å². The van der Waals surface area contributed by atoms with Crippen LogP contribution >= 0.6 is 15.9 Å². The molecule has 1 rings (SSSR count). The summed E-state index contributed by atoms with van der Waals surface area (Å²) in [6.07, 6.45) is 0. The summed E-state index contributed by atoms with van der Waals surface area (Å²) in [6, 6.07) is 1.48. The van der Waals surface area contributed by atoms with Gasteiger partial charge in [-0.15, -0.1) is 0 Å². The number of hydrogen-bond donors (Lipinski definition) is 3. The topological polar surface area (TPSA) is 83.6 Å². The van der Waals surface area contributed by atoms with Crippen molar-refractivity contribution in [1.82, 2.24) is 0 Å². The largest absolute Gasteiger partial charge is 0.506 e. The number of rotatable bonds is 3. The lowest BCUT2D eigenvalue weighted by molar-refractivity contribution is 0.0694. The van der Waals surface area contributed by atoms with Crippen molar-refractivity contribution in [3.05, 3.63) is 27.7 Å². The fourth-order valence-electron chi connectivity index (χ4n) is 1.22. The number of benzene rings is 1. The minimum absolute atomic E-state index is 0.0978. The molecule has 6 heteroatoms. The smallest absolute Gasteiger partial charge is 0.336 e. The van der Waals surface area contributed by atoms with Crippen LogP contribution < -0.4 is 5.73 Å². The summed E-state index contributed by atoms with van der Waals surface area (Å²) < 4.78 is 12.7. The van der Waals surface area contributed by atoms with E-state index in [1.54, 1.807) is 0 Å². The van der Waals surface area contributed by atoms with Gasteiger partial charge in [0.1, 0.15) is 12.4 Å². The Morgan fingerprint density at radius 2 is 2.20 bits per heavy atom. The van der Waals surface area contributed by atoms with Gasteiger partial charge < -0.3 is 15.9 Å². The van der Waals surface area contributed by atoms with Crippen molar-refractivity contribution in [2.24, 2.45) is 5.73 Å². The molecule has 15 heavy (non-hydrogen) atoms. The van der Waals surface area contributed by atoms with Crippen LogP contribution in [0.4, 0.5) is 4.39 Å². The Bertz CT molecular complexity index is 397. The molecule has 0 aliphatic rings. The highest BCUT2D eigenvalue weighted by Crippen LogP contribution is 2.34. The van der Waals surface area contributed by atoms with Gasteiger partial charge in [0, 0.05) is 5.56 Å². The number of carboxylic acid groups (broad SMARTS) is 1. The summed E-state index contributed by atoms with van der Waals surface area (Å²) in [4.78, 5) is 10.8. The van der Waals surface area contributed by atoms with Gasteiger partial charge >= 0.3 is 5.97 Å². The molecule has 0 unspecified atom stereocenters. The number of nitrogens with two attached hydrogens (primary N) is 1. The van der Waals surface area contributed by atoms with Crippen LogP contribution in [-0.4, -0.2) is 22.9 Å². The second kappa shape index (κ2) is 4.59. The lowest BCUT2D eigenvalue weighted by Crippen LogP contribution is -2.17. The van der Waals surface area contributed by atoms with E-state index < -0.39 is 18.7 Å². The van der Waals surface area contributed by atoms with E-state index in [9.17, 15) is 14.3 Å². The zero-order chi connectivity index (χ0) is 11.6. The Labute approximate surface area is 93.6 Å². The number of halogens is 2. The van der Waals surface area contributed by atoms with Gasteiger partial charge in [-0.2, -0.15) is 0 Å². The molecule has 0 bridgehead atoms. The van der Waals surface area contributed by atoms with E-state index in [1.165, 1.54) is 12.1 Å². The van der Waals surface area contributed by atoms with Gasteiger partial charge in [-0.25, -0.2) is 9.18 Å². The van der Waals surface area contributed by atoms with E-state index >= 15 is 0 Å².